The molecule has 0 spiro atoms. The van der Waals surface area contributed by atoms with Crippen LogP contribution in [0.15, 0.2) is 46.9 Å². The van der Waals surface area contributed by atoms with Crippen LogP contribution in [0.5, 0.6) is 0 Å². The number of carbonyl (C=O) groups excluding carboxylic acids is 2. The average molecular weight is 472 g/mol. The average Bonchev–Trinajstić information content (AvgIpc) is 3.39. The molecule has 3 heterocycles. The molecule has 1 aliphatic heterocycles. The first-order valence-electron chi connectivity index (χ1n) is 10.7. The Morgan fingerprint density at radius 2 is 1.91 bits per heavy atom. The summed E-state index contributed by atoms with van der Waals surface area (Å²) in [6.45, 7) is 6.90. The first kappa shape index (κ1) is 23.2. The number of hydrogen-bond donors (Lipinski definition) is 2. The number of ether oxygens (including phenoxy) is 1. The highest BCUT2D eigenvalue weighted by Crippen LogP contribution is 2.28. The Morgan fingerprint density at radius 1 is 1.12 bits per heavy atom. The third-order valence-corrected chi connectivity index (χ3v) is 6.63. The molecule has 3 aromatic rings. The molecule has 0 bridgehead atoms. The lowest BCUT2D eigenvalue weighted by molar-refractivity contribution is 0.0117. The fraction of sp³-hybridized carbons (Fsp3) is 0.333. The summed E-state index contributed by atoms with van der Waals surface area (Å²) in [7, 11) is 0. The monoisotopic (exact) mass is 471 g/mol. The van der Waals surface area contributed by atoms with Gasteiger partial charge in [-0.3, -0.25) is 14.5 Å². The molecule has 2 N–H and O–H groups in total. The van der Waals surface area contributed by atoms with Gasteiger partial charge in [0.2, 0.25) is 0 Å². The molecule has 1 fully saturated rings. The highest BCUT2D eigenvalue weighted by atomic mass is 32.1. The zero-order valence-corrected chi connectivity index (χ0v) is 19.3. The van der Waals surface area contributed by atoms with E-state index in [1.54, 1.807) is 6.07 Å². The van der Waals surface area contributed by atoms with Gasteiger partial charge in [0.05, 0.1) is 29.1 Å². The Labute approximate surface area is 195 Å². The maximum atomic E-state index is 13.4. The molecule has 1 unspecified atom stereocenters. The Hall–Kier alpha value is -3.01. The number of carbonyl (C=O) groups is 2. The number of aryl methyl sites for hydroxylation is 2. The second-order valence-corrected chi connectivity index (χ2v) is 8.96. The fourth-order valence-corrected chi connectivity index (χ4v) is 4.77. The number of benzene rings is 1. The molecular weight excluding hydrogens is 445 g/mol. The van der Waals surface area contributed by atoms with E-state index in [-0.39, 0.29) is 17.5 Å². The van der Waals surface area contributed by atoms with Crippen molar-refractivity contribution in [2.75, 3.05) is 38.2 Å². The zero-order valence-electron chi connectivity index (χ0n) is 18.5. The highest BCUT2D eigenvalue weighted by Gasteiger charge is 2.26. The summed E-state index contributed by atoms with van der Waals surface area (Å²) in [4.78, 5) is 28.1. The molecule has 0 saturated carbocycles. The topological polar surface area (TPSA) is 83.8 Å². The largest absolute Gasteiger partial charge is 0.465 e. The number of amides is 2. The van der Waals surface area contributed by atoms with Crippen molar-refractivity contribution >= 4 is 28.2 Å². The van der Waals surface area contributed by atoms with E-state index in [0.29, 0.717) is 29.6 Å². The van der Waals surface area contributed by atoms with Crippen LogP contribution in [0.2, 0.25) is 0 Å². The molecule has 174 valence electrons. The normalized spacial score (nSPS) is 15.2. The Morgan fingerprint density at radius 3 is 2.61 bits per heavy atom. The molecule has 33 heavy (non-hydrogen) atoms. The van der Waals surface area contributed by atoms with E-state index in [1.165, 1.54) is 35.6 Å². The highest BCUT2D eigenvalue weighted by molar-refractivity contribution is 7.18. The van der Waals surface area contributed by atoms with Crippen LogP contribution in [0.25, 0.3) is 0 Å². The molecule has 1 aromatic carbocycles. The molecule has 1 saturated heterocycles. The van der Waals surface area contributed by atoms with E-state index in [1.807, 2.05) is 26.0 Å². The SMILES string of the molecule is Cc1ccc(C(CNC(=O)c2sc(NC(=O)c3cccc(F)c3)cc2C)N2CCOCC2)o1. The van der Waals surface area contributed by atoms with Gasteiger partial charge in [-0.2, -0.15) is 0 Å². The third-order valence-electron chi connectivity index (χ3n) is 5.48. The first-order valence-corrected chi connectivity index (χ1v) is 11.6. The van der Waals surface area contributed by atoms with Gasteiger partial charge < -0.3 is 19.8 Å². The van der Waals surface area contributed by atoms with E-state index >= 15 is 0 Å². The van der Waals surface area contributed by atoms with E-state index < -0.39 is 11.7 Å². The second kappa shape index (κ2) is 10.3. The van der Waals surface area contributed by atoms with Gasteiger partial charge in [0.15, 0.2) is 0 Å². The van der Waals surface area contributed by atoms with Crippen molar-refractivity contribution in [2.45, 2.75) is 19.9 Å². The van der Waals surface area contributed by atoms with Crippen molar-refractivity contribution < 1.29 is 23.1 Å². The lowest BCUT2D eigenvalue weighted by atomic mass is 10.1. The smallest absolute Gasteiger partial charge is 0.261 e. The summed E-state index contributed by atoms with van der Waals surface area (Å²) < 4.78 is 24.7. The number of rotatable bonds is 7. The standard InChI is InChI=1S/C24H26FN3O4S/c1-15-12-21(27-23(29)17-4-3-5-18(25)13-17)33-22(15)24(30)26-14-19(20-7-6-16(2)32-20)28-8-10-31-11-9-28/h3-7,12-13,19H,8-11,14H2,1-2H3,(H,26,30)(H,27,29). The van der Waals surface area contributed by atoms with Crippen molar-refractivity contribution in [3.8, 4) is 0 Å². The van der Waals surface area contributed by atoms with Gasteiger partial charge in [0, 0.05) is 25.2 Å². The van der Waals surface area contributed by atoms with Gasteiger partial charge in [0.25, 0.3) is 11.8 Å². The van der Waals surface area contributed by atoms with Crippen molar-refractivity contribution in [3.05, 3.63) is 75.8 Å². The van der Waals surface area contributed by atoms with Crippen LogP contribution < -0.4 is 10.6 Å². The number of thiophene rings is 1. The maximum Gasteiger partial charge on any atom is 0.261 e. The Balaban J connectivity index is 1.43. The minimum atomic E-state index is -0.480. The number of anilines is 1. The predicted octanol–water partition coefficient (Wildman–Crippen LogP) is 4.15. The third kappa shape index (κ3) is 5.68. The minimum absolute atomic E-state index is 0.0982. The van der Waals surface area contributed by atoms with Crippen molar-refractivity contribution in [3.63, 3.8) is 0 Å². The Kier molecular flexibility index (Phi) is 7.22. The minimum Gasteiger partial charge on any atom is -0.465 e. The van der Waals surface area contributed by atoms with E-state index in [9.17, 15) is 14.0 Å². The summed E-state index contributed by atoms with van der Waals surface area (Å²) in [6.07, 6.45) is 0. The molecule has 7 nitrogen and oxygen atoms in total. The van der Waals surface area contributed by atoms with Crippen LogP contribution in [-0.2, 0) is 4.74 Å². The van der Waals surface area contributed by atoms with Crippen molar-refractivity contribution in [1.29, 1.82) is 0 Å². The van der Waals surface area contributed by atoms with Gasteiger partial charge in [-0.25, -0.2) is 4.39 Å². The lowest BCUT2D eigenvalue weighted by Crippen LogP contribution is -2.43. The summed E-state index contributed by atoms with van der Waals surface area (Å²) >= 11 is 1.19. The summed E-state index contributed by atoms with van der Waals surface area (Å²) in [6, 6.07) is 11.0. The van der Waals surface area contributed by atoms with Crippen LogP contribution in [0.3, 0.4) is 0 Å². The van der Waals surface area contributed by atoms with Crippen molar-refractivity contribution in [1.82, 2.24) is 10.2 Å². The predicted molar refractivity (Wildman–Crippen MR) is 124 cm³/mol. The summed E-state index contributed by atoms with van der Waals surface area (Å²) in [5, 5.41) is 6.29. The van der Waals surface area contributed by atoms with Crippen LogP contribution in [0.4, 0.5) is 9.39 Å². The number of nitrogens with zero attached hydrogens (tertiary/aromatic N) is 1. The number of hydrogen-bond acceptors (Lipinski definition) is 6. The molecule has 1 aliphatic rings. The molecule has 1 atom stereocenters. The molecule has 0 aliphatic carbocycles. The molecule has 2 aromatic heterocycles. The number of furan rings is 1. The zero-order chi connectivity index (χ0) is 23.4. The van der Waals surface area contributed by atoms with Crippen LogP contribution in [0.1, 0.15) is 43.2 Å². The van der Waals surface area contributed by atoms with Gasteiger partial charge >= 0.3 is 0 Å². The maximum absolute atomic E-state index is 13.4. The summed E-state index contributed by atoms with van der Waals surface area (Å²) in [5.41, 5.74) is 0.970. The second-order valence-electron chi connectivity index (χ2n) is 7.91. The van der Waals surface area contributed by atoms with Crippen LogP contribution in [0, 0.1) is 19.7 Å². The molecule has 9 heteroatoms. The number of halogens is 1. The van der Waals surface area contributed by atoms with Gasteiger partial charge in [0.1, 0.15) is 17.3 Å². The molecule has 2 amide bonds. The molecule has 0 radical (unpaired) electrons. The Bertz CT molecular complexity index is 1140. The van der Waals surface area contributed by atoms with Gasteiger partial charge in [-0.15, -0.1) is 11.3 Å². The quantitative estimate of drug-likeness (QED) is 0.541. The van der Waals surface area contributed by atoms with E-state index in [2.05, 4.69) is 15.5 Å². The number of nitrogens with one attached hydrogen (secondary N) is 2. The number of morpholine rings is 1. The van der Waals surface area contributed by atoms with Crippen LogP contribution in [-0.4, -0.2) is 49.6 Å². The molecular formula is C24H26FN3O4S. The molecule has 4 rings (SSSR count). The fourth-order valence-electron chi connectivity index (χ4n) is 3.78. The van der Waals surface area contributed by atoms with Gasteiger partial charge in [-0.1, -0.05) is 6.07 Å². The van der Waals surface area contributed by atoms with Gasteiger partial charge in [-0.05, 0) is 55.8 Å². The first-order chi connectivity index (χ1) is 15.9. The van der Waals surface area contributed by atoms with E-state index in [4.69, 9.17) is 9.15 Å². The summed E-state index contributed by atoms with van der Waals surface area (Å²) in [5.74, 6) is 0.503. The van der Waals surface area contributed by atoms with E-state index in [0.717, 1.165) is 30.2 Å². The lowest BCUT2D eigenvalue weighted by Gasteiger charge is -2.33. The van der Waals surface area contributed by atoms with Crippen molar-refractivity contribution in [2.24, 2.45) is 0 Å². The van der Waals surface area contributed by atoms with Crippen LogP contribution >= 0.6 is 11.3 Å².